The Bertz CT molecular complexity index is 1220. The third-order valence-corrected chi connectivity index (χ3v) is 4.88. The van der Waals surface area contributed by atoms with Gasteiger partial charge in [0.25, 0.3) is 5.56 Å². The normalized spacial score (nSPS) is 10.6. The Balaban J connectivity index is 1.58. The van der Waals surface area contributed by atoms with Gasteiger partial charge in [-0.25, -0.2) is 9.37 Å². The molecule has 0 radical (unpaired) electrons. The summed E-state index contributed by atoms with van der Waals surface area (Å²) in [6.07, 6.45) is 1.35. The molecule has 1 aromatic heterocycles. The summed E-state index contributed by atoms with van der Waals surface area (Å²) in [5.41, 5.74) is 2.44. The number of nitrogens with zero attached hydrogens (tertiary/aromatic N) is 3. The van der Waals surface area contributed by atoms with E-state index in [9.17, 15) is 14.0 Å². The van der Waals surface area contributed by atoms with Crippen molar-refractivity contribution in [2.45, 2.75) is 13.1 Å². The molecule has 0 N–H and O–H groups in total. The maximum atomic E-state index is 13.2. The zero-order valence-electron chi connectivity index (χ0n) is 16.7. The van der Waals surface area contributed by atoms with E-state index in [4.69, 9.17) is 0 Å². The Labute approximate surface area is 179 Å². The minimum atomic E-state index is -0.359. The first-order chi connectivity index (χ1) is 15.1. The number of rotatable bonds is 6. The van der Waals surface area contributed by atoms with Crippen LogP contribution < -0.4 is 10.5 Å². The molecule has 154 valence electrons. The van der Waals surface area contributed by atoms with Gasteiger partial charge in [-0.1, -0.05) is 48.5 Å². The van der Waals surface area contributed by atoms with E-state index in [1.54, 1.807) is 17.0 Å². The van der Waals surface area contributed by atoms with Crippen LogP contribution in [0.3, 0.4) is 0 Å². The number of amides is 1. The Morgan fingerprint density at radius 2 is 1.55 bits per heavy atom. The van der Waals surface area contributed by atoms with Crippen LogP contribution in [0.2, 0.25) is 0 Å². The lowest BCUT2D eigenvalue weighted by atomic mass is 10.1. The van der Waals surface area contributed by atoms with Crippen LogP contribution in [-0.2, 0) is 17.9 Å². The highest BCUT2D eigenvalue weighted by molar-refractivity contribution is 5.93. The van der Waals surface area contributed by atoms with Gasteiger partial charge in [0.1, 0.15) is 12.4 Å². The van der Waals surface area contributed by atoms with Gasteiger partial charge in [0.2, 0.25) is 5.91 Å². The van der Waals surface area contributed by atoms with E-state index in [0.717, 1.165) is 11.3 Å². The number of aromatic nitrogens is 2. The standard InChI is InChI=1S/C25H20FN3O2/c26-21-13-11-20(12-14-21)23-15-24(30)28(18-27-23)17-25(31)29(22-9-5-2-6-10-22)16-19-7-3-1-4-8-19/h1-15,18H,16-17H2. The Kier molecular flexibility index (Phi) is 5.98. The van der Waals surface area contributed by atoms with Crippen molar-refractivity contribution < 1.29 is 9.18 Å². The topological polar surface area (TPSA) is 55.2 Å². The van der Waals surface area contributed by atoms with E-state index >= 15 is 0 Å². The summed E-state index contributed by atoms with van der Waals surface area (Å²) < 4.78 is 14.4. The highest BCUT2D eigenvalue weighted by Gasteiger charge is 2.17. The highest BCUT2D eigenvalue weighted by atomic mass is 19.1. The molecule has 0 unspecified atom stereocenters. The van der Waals surface area contributed by atoms with Crippen molar-refractivity contribution in [1.82, 2.24) is 9.55 Å². The van der Waals surface area contributed by atoms with Crippen molar-refractivity contribution in [1.29, 1.82) is 0 Å². The van der Waals surface area contributed by atoms with E-state index in [1.807, 2.05) is 60.7 Å². The molecule has 0 bridgehead atoms. The number of hydrogen-bond acceptors (Lipinski definition) is 3. The summed E-state index contributed by atoms with van der Waals surface area (Å²) >= 11 is 0. The van der Waals surface area contributed by atoms with Crippen LogP contribution in [0.5, 0.6) is 0 Å². The number of benzene rings is 3. The van der Waals surface area contributed by atoms with E-state index in [0.29, 0.717) is 17.8 Å². The number of carbonyl (C=O) groups excluding carboxylic acids is 1. The molecular formula is C25H20FN3O2. The second-order valence-corrected chi connectivity index (χ2v) is 7.05. The van der Waals surface area contributed by atoms with Crippen LogP contribution in [0.15, 0.2) is 102 Å². The van der Waals surface area contributed by atoms with Crippen molar-refractivity contribution >= 4 is 11.6 Å². The van der Waals surface area contributed by atoms with Gasteiger partial charge in [-0.05, 0) is 42.0 Å². The van der Waals surface area contributed by atoms with Gasteiger partial charge in [0.05, 0.1) is 18.6 Å². The van der Waals surface area contributed by atoms with Gasteiger partial charge in [0.15, 0.2) is 0 Å². The van der Waals surface area contributed by atoms with Crippen molar-refractivity contribution in [3.05, 3.63) is 119 Å². The molecule has 6 heteroatoms. The largest absolute Gasteiger partial charge is 0.306 e. The molecule has 5 nitrogen and oxygen atoms in total. The summed E-state index contributed by atoms with van der Waals surface area (Å²) in [7, 11) is 0. The van der Waals surface area contributed by atoms with E-state index in [1.165, 1.54) is 29.1 Å². The van der Waals surface area contributed by atoms with Crippen molar-refractivity contribution in [2.75, 3.05) is 4.90 Å². The number of halogens is 1. The third kappa shape index (κ3) is 4.93. The molecule has 0 fully saturated rings. The predicted molar refractivity (Wildman–Crippen MR) is 118 cm³/mol. The second-order valence-electron chi connectivity index (χ2n) is 7.05. The molecule has 0 aliphatic rings. The summed E-state index contributed by atoms with van der Waals surface area (Å²) in [5, 5.41) is 0. The molecule has 3 aromatic carbocycles. The first kappa shape index (κ1) is 20.2. The smallest absolute Gasteiger partial charge is 0.254 e. The molecule has 31 heavy (non-hydrogen) atoms. The summed E-state index contributed by atoms with van der Waals surface area (Å²) in [6, 6.07) is 26.1. The average Bonchev–Trinajstić information content (AvgIpc) is 2.80. The SMILES string of the molecule is O=C(Cn1cnc(-c2ccc(F)cc2)cc1=O)N(Cc1ccccc1)c1ccccc1. The lowest BCUT2D eigenvalue weighted by molar-refractivity contribution is -0.119. The zero-order valence-corrected chi connectivity index (χ0v) is 16.7. The highest BCUT2D eigenvalue weighted by Crippen LogP contribution is 2.18. The average molecular weight is 413 g/mol. The van der Waals surface area contributed by atoms with Crippen molar-refractivity contribution in [2.24, 2.45) is 0 Å². The summed E-state index contributed by atoms with van der Waals surface area (Å²) in [6.45, 7) is 0.247. The van der Waals surface area contributed by atoms with Gasteiger partial charge >= 0.3 is 0 Å². The van der Waals surface area contributed by atoms with Gasteiger partial charge in [-0.3, -0.25) is 14.2 Å². The summed E-state index contributed by atoms with van der Waals surface area (Å²) in [4.78, 5) is 31.7. The van der Waals surface area contributed by atoms with E-state index in [-0.39, 0.29) is 23.8 Å². The van der Waals surface area contributed by atoms with Crippen molar-refractivity contribution in [3.63, 3.8) is 0 Å². The van der Waals surface area contributed by atoms with Crippen molar-refractivity contribution in [3.8, 4) is 11.3 Å². The van der Waals surface area contributed by atoms with E-state index in [2.05, 4.69) is 4.98 Å². The molecule has 0 atom stereocenters. The maximum absolute atomic E-state index is 13.2. The Morgan fingerprint density at radius 1 is 0.903 bits per heavy atom. The van der Waals surface area contributed by atoms with Crippen LogP contribution in [-0.4, -0.2) is 15.5 Å². The minimum absolute atomic E-state index is 0.142. The molecule has 4 aromatic rings. The molecule has 0 spiro atoms. The maximum Gasteiger partial charge on any atom is 0.254 e. The molecule has 0 saturated carbocycles. The number of hydrogen-bond donors (Lipinski definition) is 0. The minimum Gasteiger partial charge on any atom is -0.306 e. The second kappa shape index (κ2) is 9.17. The zero-order chi connectivity index (χ0) is 21.6. The molecule has 1 amide bonds. The first-order valence-corrected chi connectivity index (χ1v) is 9.82. The molecule has 0 saturated heterocycles. The van der Waals surface area contributed by atoms with Crippen LogP contribution in [0.1, 0.15) is 5.56 Å². The number of anilines is 1. The summed E-state index contributed by atoms with van der Waals surface area (Å²) in [5.74, 6) is -0.587. The fraction of sp³-hybridized carbons (Fsp3) is 0.0800. The first-order valence-electron chi connectivity index (χ1n) is 9.82. The fourth-order valence-electron chi connectivity index (χ4n) is 3.25. The molecule has 1 heterocycles. The van der Waals surface area contributed by atoms with Crippen LogP contribution in [0.4, 0.5) is 10.1 Å². The number of para-hydroxylation sites is 1. The Hall–Kier alpha value is -4.06. The predicted octanol–water partition coefficient (Wildman–Crippen LogP) is 4.28. The Morgan fingerprint density at radius 3 is 2.19 bits per heavy atom. The lowest BCUT2D eigenvalue weighted by Crippen LogP contribution is -2.36. The van der Waals surface area contributed by atoms with Crippen LogP contribution in [0, 0.1) is 5.82 Å². The quantitative estimate of drug-likeness (QED) is 0.474. The van der Waals surface area contributed by atoms with Crippen LogP contribution in [0.25, 0.3) is 11.3 Å². The molecule has 0 aliphatic heterocycles. The monoisotopic (exact) mass is 413 g/mol. The number of carbonyl (C=O) groups is 1. The molecular weight excluding hydrogens is 393 g/mol. The van der Waals surface area contributed by atoms with E-state index < -0.39 is 0 Å². The lowest BCUT2D eigenvalue weighted by Gasteiger charge is -2.23. The van der Waals surface area contributed by atoms with Gasteiger partial charge < -0.3 is 4.90 Å². The molecule has 4 rings (SSSR count). The molecule has 0 aliphatic carbocycles. The van der Waals surface area contributed by atoms with Gasteiger partial charge in [0, 0.05) is 17.3 Å². The van der Waals surface area contributed by atoms with Crippen LogP contribution >= 0.6 is 0 Å². The van der Waals surface area contributed by atoms with Gasteiger partial charge in [-0.15, -0.1) is 0 Å². The third-order valence-electron chi connectivity index (χ3n) is 4.88. The van der Waals surface area contributed by atoms with Gasteiger partial charge in [-0.2, -0.15) is 0 Å². The fourth-order valence-corrected chi connectivity index (χ4v) is 3.25.